The molecule has 1 aromatic heterocycles. The number of nitrogens with zero attached hydrogens (tertiary/aromatic N) is 3. The molecule has 5 rings (SSSR count). The summed E-state index contributed by atoms with van der Waals surface area (Å²) in [5.41, 5.74) is 1.51. The molecule has 0 N–H and O–H groups in total. The van der Waals surface area contributed by atoms with Gasteiger partial charge in [0.1, 0.15) is 0 Å². The van der Waals surface area contributed by atoms with Crippen molar-refractivity contribution < 1.29 is 17.9 Å². The van der Waals surface area contributed by atoms with Crippen LogP contribution in [0.1, 0.15) is 48.0 Å². The molecule has 0 aliphatic carbocycles. The number of carbonyl (C=O) groups is 1. The Morgan fingerprint density at radius 1 is 1.03 bits per heavy atom. The molecular weight excluding hydrogens is 470 g/mol. The van der Waals surface area contributed by atoms with Gasteiger partial charge < -0.3 is 9.64 Å². The molecule has 1 amide bonds. The molecule has 3 unspecified atom stereocenters. The number of thiazole rings is 1. The minimum atomic E-state index is -3.63. The number of para-hydroxylation sites is 1. The van der Waals surface area contributed by atoms with Crippen LogP contribution in [0.3, 0.4) is 0 Å². The normalized spacial score (nSPS) is 24.4. The molecule has 34 heavy (non-hydrogen) atoms. The first-order chi connectivity index (χ1) is 16.3. The molecular formula is C25H29N3O4S2. The van der Waals surface area contributed by atoms with Gasteiger partial charge in [0.05, 0.1) is 32.3 Å². The maximum Gasteiger partial charge on any atom is 0.253 e. The van der Waals surface area contributed by atoms with Crippen molar-refractivity contribution in [3.8, 4) is 0 Å². The molecule has 2 aliphatic heterocycles. The number of ether oxygens (including phenoxy) is 1. The number of carbonyl (C=O) groups excluding carboxylic acids is 1. The van der Waals surface area contributed by atoms with E-state index in [0.29, 0.717) is 31.7 Å². The molecule has 0 radical (unpaired) electrons. The SMILES string of the molecule is CC1CN(S(=O)(=O)c2ccc(C(=O)N3CCCC(c4nc5ccccc5s4)C3)cc2)CC(C)O1. The first kappa shape index (κ1) is 23.4. The van der Waals surface area contributed by atoms with Crippen molar-refractivity contribution in [2.24, 2.45) is 0 Å². The third-order valence-electron chi connectivity index (χ3n) is 6.49. The van der Waals surface area contributed by atoms with E-state index >= 15 is 0 Å². The molecule has 3 heterocycles. The van der Waals surface area contributed by atoms with Crippen LogP contribution in [0.15, 0.2) is 53.4 Å². The highest BCUT2D eigenvalue weighted by Crippen LogP contribution is 2.33. The van der Waals surface area contributed by atoms with Crippen LogP contribution in [-0.4, -0.2) is 66.9 Å². The molecule has 180 valence electrons. The zero-order valence-electron chi connectivity index (χ0n) is 19.4. The van der Waals surface area contributed by atoms with E-state index in [1.165, 1.54) is 9.01 Å². The summed E-state index contributed by atoms with van der Waals surface area (Å²) < 4.78 is 34.5. The second kappa shape index (κ2) is 9.37. The van der Waals surface area contributed by atoms with Gasteiger partial charge in [0, 0.05) is 37.7 Å². The van der Waals surface area contributed by atoms with Crippen LogP contribution in [0.25, 0.3) is 10.2 Å². The van der Waals surface area contributed by atoms with Crippen LogP contribution < -0.4 is 0 Å². The Hall–Kier alpha value is -2.33. The van der Waals surface area contributed by atoms with Gasteiger partial charge in [-0.1, -0.05) is 12.1 Å². The number of piperidine rings is 1. The highest BCUT2D eigenvalue weighted by molar-refractivity contribution is 7.89. The highest BCUT2D eigenvalue weighted by Gasteiger charge is 2.33. The Morgan fingerprint density at radius 2 is 1.74 bits per heavy atom. The lowest BCUT2D eigenvalue weighted by molar-refractivity contribution is -0.0440. The van der Waals surface area contributed by atoms with Crippen LogP contribution in [0.5, 0.6) is 0 Å². The summed E-state index contributed by atoms with van der Waals surface area (Å²) in [4.78, 5) is 20.1. The van der Waals surface area contributed by atoms with Gasteiger partial charge in [-0.15, -0.1) is 11.3 Å². The molecule has 7 nitrogen and oxygen atoms in total. The summed E-state index contributed by atoms with van der Waals surface area (Å²) in [6, 6.07) is 14.5. The van der Waals surface area contributed by atoms with Crippen molar-refractivity contribution in [3.05, 3.63) is 59.1 Å². The lowest BCUT2D eigenvalue weighted by atomic mass is 9.98. The number of sulfonamides is 1. The number of hydrogen-bond donors (Lipinski definition) is 0. The number of fused-ring (bicyclic) bond motifs is 1. The summed E-state index contributed by atoms with van der Waals surface area (Å²) in [6.07, 6.45) is 1.63. The molecule has 3 atom stereocenters. The Kier molecular flexibility index (Phi) is 6.45. The van der Waals surface area contributed by atoms with E-state index in [0.717, 1.165) is 23.4 Å². The highest BCUT2D eigenvalue weighted by atomic mass is 32.2. The van der Waals surface area contributed by atoms with Gasteiger partial charge in [-0.2, -0.15) is 4.31 Å². The Balaban J connectivity index is 1.30. The fraction of sp³-hybridized carbons (Fsp3) is 0.440. The molecule has 2 aromatic carbocycles. The average Bonchev–Trinajstić information content (AvgIpc) is 3.28. The summed E-state index contributed by atoms with van der Waals surface area (Å²) in [5.74, 6) is 0.156. The standard InChI is InChI=1S/C25H29N3O4S2/c1-17-14-28(15-18(2)32-17)34(30,31)21-11-9-19(10-12-21)25(29)27-13-5-6-20(16-27)24-26-22-7-3-4-8-23(22)33-24/h3-4,7-12,17-18,20H,5-6,13-16H2,1-2H3. The molecule has 0 spiro atoms. The zero-order chi connectivity index (χ0) is 23.9. The van der Waals surface area contributed by atoms with Gasteiger partial charge in [0.25, 0.3) is 5.91 Å². The van der Waals surface area contributed by atoms with Crippen LogP contribution in [0, 0.1) is 0 Å². The quantitative estimate of drug-likeness (QED) is 0.540. The maximum atomic E-state index is 13.2. The number of hydrogen-bond acceptors (Lipinski definition) is 6. The van der Waals surface area contributed by atoms with Gasteiger partial charge in [-0.3, -0.25) is 4.79 Å². The van der Waals surface area contributed by atoms with E-state index in [-0.39, 0.29) is 28.9 Å². The lowest BCUT2D eigenvalue weighted by Crippen LogP contribution is -2.48. The Labute approximate surface area is 204 Å². The van der Waals surface area contributed by atoms with Crippen molar-refractivity contribution in [2.75, 3.05) is 26.2 Å². The molecule has 2 saturated heterocycles. The largest absolute Gasteiger partial charge is 0.373 e. The monoisotopic (exact) mass is 499 g/mol. The maximum absolute atomic E-state index is 13.2. The van der Waals surface area contributed by atoms with Gasteiger partial charge in [0.15, 0.2) is 0 Å². The zero-order valence-corrected chi connectivity index (χ0v) is 21.0. The summed E-state index contributed by atoms with van der Waals surface area (Å²) in [7, 11) is -3.63. The summed E-state index contributed by atoms with van der Waals surface area (Å²) in [5, 5.41) is 1.08. The van der Waals surface area contributed by atoms with E-state index in [1.54, 1.807) is 35.6 Å². The van der Waals surface area contributed by atoms with Crippen LogP contribution in [-0.2, 0) is 14.8 Å². The predicted octanol–water partition coefficient (Wildman–Crippen LogP) is 4.11. The van der Waals surface area contributed by atoms with Crippen LogP contribution in [0.2, 0.25) is 0 Å². The summed E-state index contributed by atoms with van der Waals surface area (Å²) in [6.45, 7) is 5.73. The molecule has 0 saturated carbocycles. The van der Waals surface area contributed by atoms with Crippen molar-refractivity contribution in [1.82, 2.24) is 14.2 Å². The summed E-state index contributed by atoms with van der Waals surface area (Å²) >= 11 is 1.70. The van der Waals surface area contributed by atoms with Gasteiger partial charge >= 0.3 is 0 Å². The molecule has 0 bridgehead atoms. The van der Waals surface area contributed by atoms with Gasteiger partial charge in [0.2, 0.25) is 10.0 Å². The van der Waals surface area contributed by atoms with Crippen molar-refractivity contribution >= 4 is 37.5 Å². The van der Waals surface area contributed by atoms with E-state index in [2.05, 4.69) is 6.07 Å². The van der Waals surface area contributed by atoms with E-state index in [1.807, 2.05) is 36.9 Å². The Morgan fingerprint density at radius 3 is 2.44 bits per heavy atom. The van der Waals surface area contributed by atoms with Crippen molar-refractivity contribution in [2.45, 2.75) is 49.7 Å². The number of benzene rings is 2. The fourth-order valence-electron chi connectivity index (χ4n) is 4.86. The number of amides is 1. The van der Waals surface area contributed by atoms with Crippen LogP contribution >= 0.6 is 11.3 Å². The number of morpholine rings is 1. The molecule has 2 fully saturated rings. The fourth-order valence-corrected chi connectivity index (χ4v) is 7.54. The number of likely N-dealkylation sites (tertiary alicyclic amines) is 1. The first-order valence-corrected chi connectivity index (χ1v) is 14.0. The molecule has 2 aliphatic rings. The van der Waals surface area contributed by atoms with E-state index < -0.39 is 10.0 Å². The lowest BCUT2D eigenvalue weighted by Gasteiger charge is -2.34. The number of rotatable bonds is 4. The Bertz CT molecular complexity index is 1250. The second-order valence-electron chi connectivity index (χ2n) is 9.21. The van der Waals surface area contributed by atoms with Gasteiger partial charge in [-0.05, 0) is 63.1 Å². The van der Waals surface area contributed by atoms with Gasteiger partial charge in [-0.25, -0.2) is 13.4 Å². The molecule has 9 heteroatoms. The topological polar surface area (TPSA) is 79.8 Å². The minimum absolute atomic E-state index is 0.0663. The van der Waals surface area contributed by atoms with E-state index in [9.17, 15) is 13.2 Å². The smallest absolute Gasteiger partial charge is 0.253 e. The van der Waals surface area contributed by atoms with Crippen molar-refractivity contribution in [3.63, 3.8) is 0 Å². The average molecular weight is 500 g/mol. The number of aromatic nitrogens is 1. The predicted molar refractivity (Wildman–Crippen MR) is 133 cm³/mol. The third kappa shape index (κ3) is 4.62. The first-order valence-electron chi connectivity index (χ1n) is 11.7. The van der Waals surface area contributed by atoms with Crippen molar-refractivity contribution in [1.29, 1.82) is 0 Å². The van der Waals surface area contributed by atoms with E-state index in [4.69, 9.17) is 9.72 Å². The van der Waals surface area contributed by atoms with Crippen LogP contribution in [0.4, 0.5) is 0 Å². The minimum Gasteiger partial charge on any atom is -0.373 e. The second-order valence-corrected chi connectivity index (χ2v) is 12.2. The molecule has 3 aromatic rings. The third-order valence-corrected chi connectivity index (χ3v) is 9.54.